The van der Waals surface area contributed by atoms with E-state index < -0.39 is 0 Å². The second-order valence-electron chi connectivity index (χ2n) is 5.43. The second-order valence-corrected chi connectivity index (χ2v) is 6.34. The lowest BCUT2D eigenvalue weighted by Gasteiger charge is -2.36. The molecule has 2 rings (SSSR count). The number of rotatable bonds is 6. The van der Waals surface area contributed by atoms with Gasteiger partial charge in [-0.25, -0.2) is 0 Å². The lowest BCUT2D eigenvalue weighted by molar-refractivity contribution is 0.0464. The van der Waals surface area contributed by atoms with Crippen LogP contribution < -0.4 is 10.2 Å². The van der Waals surface area contributed by atoms with Gasteiger partial charge in [0.05, 0.1) is 6.10 Å². The molecule has 4 heteroatoms. The summed E-state index contributed by atoms with van der Waals surface area (Å²) in [6.07, 6.45) is 1.82. The number of anilines is 1. The number of hydrogen-bond donors (Lipinski definition) is 2. The van der Waals surface area contributed by atoms with Crippen molar-refractivity contribution in [3.63, 3.8) is 0 Å². The third kappa shape index (κ3) is 3.94. The summed E-state index contributed by atoms with van der Waals surface area (Å²) in [7, 11) is 2.14. The van der Waals surface area contributed by atoms with Crippen LogP contribution in [0.15, 0.2) is 22.7 Å². The van der Waals surface area contributed by atoms with Crippen LogP contribution in [0.25, 0.3) is 0 Å². The SMILES string of the molecule is CCNCc1ccc(Br)cc1N(C)CC1CC(O)C1. The molecule has 0 heterocycles. The Morgan fingerprint density at radius 3 is 2.79 bits per heavy atom. The van der Waals surface area contributed by atoms with Crippen molar-refractivity contribution in [1.29, 1.82) is 0 Å². The molecule has 0 amide bonds. The highest BCUT2D eigenvalue weighted by molar-refractivity contribution is 9.10. The van der Waals surface area contributed by atoms with E-state index in [1.54, 1.807) is 0 Å². The van der Waals surface area contributed by atoms with Crippen molar-refractivity contribution in [2.75, 3.05) is 25.0 Å². The molecule has 0 aliphatic heterocycles. The first-order valence-electron chi connectivity index (χ1n) is 6.98. The minimum atomic E-state index is -0.0675. The average Bonchev–Trinajstić information content (AvgIpc) is 2.35. The quantitative estimate of drug-likeness (QED) is 0.843. The summed E-state index contributed by atoms with van der Waals surface area (Å²) in [5, 5.41) is 12.8. The van der Waals surface area contributed by atoms with E-state index in [9.17, 15) is 5.11 Å². The molecule has 0 saturated heterocycles. The maximum atomic E-state index is 9.38. The first-order valence-corrected chi connectivity index (χ1v) is 7.77. The topological polar surface area (TPSA) is 35.5 Å². The van der Waals surface area contributed by atoms with Crippen LogP contribution in [0.4, 0.5) is 5.69 Å². The summed E-state index contributed by atoms with van der Waals surface area (Å²) < 4.78 is 1.11. The zero-order chi connectivity index (χ0) is 13.8. The van der Waals surface area contributed by atoms with Crippen LogP contribution in [0.2, 0.25) is 0 Å². The van der Waals surface area contributed by atoms with Crippen LogP contribution in [0.1, 0.15) is 25.3 Å². The van der Waals surface area contributed by atoms with Gasteiger partial charge in [-0.1, -0.05) is 28.9 Å². The molecule has 0 radical (unpaired) electrons. The molecule has 2 N–H and O–H groups in total. The summed E-state index contributed by atoms with van der Waals surface area (Å²) >= 11 is 3.55. The van der Waals surface area contributed by atoms with Gasteiger partial charge in [0, 0.05) is 30.3 Å². The van der Waals surface area contributed by atoms with Gasteiger partial charge in [-0.05, 0) is 43.0 Å². The number of benzene rings is 1. The van der Waals surface area contributed by atoms with Crippen molar-refractivity contribution in [3.05, 3.63) is 28.2 Å². The third-order valence-corrected chi connectivity index (χ3v) is 4.26. The Labute approximate surface area is 124 Å². The van der Waals surface area contributed by atoms with Gasteiger partial charge in [-0.15, -0.1) is 0 Å². The van der Waals surface area contributed by atoms with Crippen LogP contribution >= 0.6 is 15.9 Å². The number of nitrogens with zero attached hydrogens (tertiary/aromatic N) is 1. The molecule has 1 fully saturated rings. The molecule has 1 aliphatic rings. The van der Waals surface area contributed by atoms with E-state index in [2.05, 4.69) is 58.3 Å². The first-order chi connectivity index (χ1) is 9.10. The van der Waals surface area contributed by atoms with Crippen molar-refractivity contribution < 1.29 is 5.11 Å². The summed E-state index contributed by atoms with van der Waals surface area (Å²) in [5.74, 6) is 0.631. The van der Waals surface area contributed by atoms with Gasteiger partial charge in [0.1, 0.15) is 0 Å². The largest absolute Gasteiger partial charge is 0.393 e. The molecule has 1 aromatic rings. The van der Waals surface area contributed by atoms with E-state index in [4.69, 9.17) is 0 Å². The molecular formula is C15H23BrN2O. The molecular weight excluding hydrogens is 304 g/mol. The molecule has 0 bridgehead atoms. The number of aliphatic hydroxyl groups excluding tert-OH is 1. The zero-order valence-corrected chi connectivity index (χ0v) is 13.3. The lowest BCUT2D eigenvalue weighted by Crippen LogP contribution is -2.37. The van der Waals surface area contributed by atoms with Gasteiger partial charge in [0.25, 0.3) is 0 Å². The Morgan fingerprint density at radius 1 is 1.42 bits per heavy atom. The van der Waals surface area contributed by atoms with Crippen LogP contribution in [0, 0.1) is 5.92 Å². The van der Waals surface area contributed by atoms with Gasteiger partial charge in [0.15, 0.2) is 0 Å². The van der Waals surface area contributed by atoms with Crippen LogP contribution in [-0.2, 0) is 6.54 Å². The monoisotopic (exact) mass is 326 g/mol. The molecule has 106 valence electrons. The fraction of sp³-hybridized carbons (Fsp3) is 0.600. The van der Waals surface area contributed by atoms with Gasteiger partial charge in [-0.3, -0.25) is 0 Å². The number of halogens is 1. The number of nitrogens with one attached hydrogen (secondary N) is 1. The second kappa shape index (κ2) is 6.73. The number of aliphatic hydroxyl groups is 1. The van der Waals surface area contributed by atoms with Crippen molar-refractivity contribution in [2.24, 2.45) is 5.92 Å². The smallest absolute Gasteiger partial charge is 0.0546 e. The molecule has 0 unspecified atom stereocenters. The molecule has 0 aromatic heterocycles. The Balaban J connectivity index is 2.05. The van der Waals surface area contributed by atoms with Gasteiger partial charge in [0.2, 0.25) is 0 Å². The molecule has 1 saturated carbocycles. The van der Waals surface area contributed by atoms with Crippen molar-refractivity contribution in [1.82, 2.24) is 5.32 Å². The van der Waals surface area contributed by atoms with E-state index in [1.807, 2.05) is 0 Å². The van der Waals surface area contributed by atoms with Gasteiger partial charge < -0.3 is 15.3 Å². The molecule has 1 aliphatic carbocycles. The highest BCUT2D eigenvalue weighted by Crippen LogP contribution is 2.31. The Kier molecular flexibility index (Phi) is 5.25. The van der Waals surface area contributed by atoms with E-state index in [1.165, 1.54) is 11.3 Å². The van der Waals surface area contributed by atoms with E-state index in [0.29, 0.717) is 5.92 Å². The standard InChI is InChI=1S/C15H23BrN2O/c1-3-17-9-12-4-5-13(16)8-15(12)18(2)10-11-6-14(19)7-11/h4-5,8,11,14,17,19H,3,6-7,9-10H2,1-2H3. The lowest BCUT2D eigenvalue weighted by atomic mass is 9.82. The summed E-state index contributed by atoms with van der Waals surface area (Å²) in [4.78, 5) is 2.31. The maximum absolute atomic E-state index is 9.38. The predicted octanol–water partition coefficient (Wildman–Crippen LogP) is 2.77. The Morgan fingerprint density at radius 2 is 2.16 bits per heavy atom. The summed E-state index contributed by atoms with van der Waals surface area (Å²) in [5.41, 5.74) is 2.60. The predicted molar refractivity (Wildman–Crippen MR) is 83.5 cm³/mol. The minimum absolute atomic E-state index is 0.0675. The highest BCUT2D eigenvalue weighted by atomic mass is 79.9. The van der Waals surface area contributed by atoms with Crippen LogP contribution in [0.3, 0.4) is 0 Å². The van der Waals surface area contributed by atoms with Crippen LogP contribution in [0.5, 0.6) is 0 Å². The van der Waals surface area contributed by atoms with Crippen molar-refractivity contribution in [3.8, 4) is 0 Å². The molecule has 1 aromatic carbocycles. The minimum Gasteiger partial charge on any atom is -0.393 e. The summed E-state index contributed by atoms with van der Waals surface area (Å²) in [6, 6.07) is 6.45. The fourth-order valence-corrected chi connectivity index (χ4v) is 2.99. The Bertz CT molecular complexity index is 419. The molecule has 19 heavy (non-hydrogen) atoms. The van der Waals surface area contributed by atoms with E-state index in [-0.39, 0.29) is 6.10 Å². The summed E-state index contributed by atoms with van der Waals surface area (Å²) in [6.45, 7) is 5.02. The van der Waals surface area contributed by atoms with Crippen molar-refractivity contribution in [2.45, 2.75) is 32.4 Å². The number of hydrogen-bond acceptors (Lipinski definition) is 3. The van der Waals surface area contributed by atoms with Gasteiger partial charge in [-0.2, -0.15) is 0 Å². The van der Waals surface area contributed by atoms with E-state index >= 15 is 0 Å². The highest BCUT2D eigenvalue weighted by Gasteiger charge is 2.28. The first kappa shape index (κ1) is 14.8. The van der Waals surface area contributed by atoms with Gasteiger partial charge >= 0.3 is 0 Å². The van der Waals surface area contributed by atoms with E-state index in [0.717, 1.165) is 36.9 Å². The Hall–Kier alpha value is -0.580. The fourth-order valence-electron chi connectivity index (χ4n) is 2.64. The van der Waals surface area contributed by atoms with Crippen molar-refractivity contribution >= 4 is 21.6 Å². The maximum Gasteiger partial charge on any atom is 0.0546 e. The third-order valence-electron chi connectivity index (χ3n) is 3.77. The molecule has 3 nitrogen and oxygen atoms in total. The normalized spacial score (nSPS) is 22.1. The zero-order valence-electron chi connectivity index (χ0n) is 11.7. The average molecular weight is 327 g/mol. The van der Waals surface area contributed by atoms with Crippen LogP contribution in [-0.4, -0.2) is 31.3 Å². The molecule has 0 spiro atoms. The molecule has 0 atom stereocenters.